The third-order valence-electron chi connectivity index (χ3n) is 4.56. The van der Waals surface area contributed by atoms with Gasteiger partial charge in [-0.3, -0.25) is 4.98 Å². The largest absolute Gasteiger partial charge is 0.323 e. The lowest BCUT2D eigenvalue weighted by atomic mass is 9.74. The molecule has 0 fully saturated rings. The number of hydrogen-bond acceptors (Lipinski definition) is 2. The molecular weight excluding hydrogens is 256 g/mol. The molecule has 2 N–H and O–H groups in total. The summed E-state index contributed by atoms with van der Waals surface area (Å²) >= 11 is 0. The fraction of sp³-hybridized carbons (Fsp3) is 0.211. The van der Waals surface area contributed by atoms with E-state index in [1.165, 1.54) is 21.9 Å². The first-order valence-corrected chi connectivity index (χ1v) is 7.50. The van der Waals surface area contributed by atoms with Crippen molar-refractivity contribution in [3.8, 4) is 0 Å². The van der Waals surface area contributed by atoms with Crippen molar-refractivity contribution in [2.24, 2.45) is 5.73 Å². The second-order valence-electron chi connectivity index (χ2n) is 5.86. The van der Waals surface area contributed by atoms with Crippen molar-refractivity contribution < 1.29 is 0 Å². The Hall–Kier alpha value is -2.19. The average molecular weight is 274 g/mol. The fourth-order valence-electron chi connectivity index (χ4n) is 3.43. The summed E-state index contributed by atoms with van der Waals surface area (Å²) in [5.41, 5.74) is 10.4. The van der Waals surface area contributed by atoms with Crippen LogP contribution in [0.4, 0.5) is 0 Å². The Morgan fingerprint density at radius 2 is 1.86 bits per heavy atom. The van der Waals surface area contributed by atoms with Gasteiger partial charge in [0.2, 0.25) is 0 Å². The van der Waals surface area contributed by atoms with Gasteiger partial charge in [0.15, 0.2) is 0 Å². The number of fused-ring (bicyclic) bond motifs is 2. The molecule has 0 radical (unpaired) electrons. The van der Waals surface area contributed by atoms with Crippen LogP contribution in [0.5, 0.6) is 0 Å². The van der Waals surface area contributed by atoms with Crippen LogP contribution in [0, 0.1) is 0 Å². The standard InChI is InChI=1S/C19H18N2/c20-18(12-15-11-14-6-2-3-7-16(14)15)19-17-8-4-1-5-13(17)9-10-21-19/h1-10,15,18H,11-12,20H2. The van der Waals surface area contributed by atoms with Gasteiger partial charge in [0.25, 0.3) is 0 Å². The number of aromatic nitrogens is 1. The molecule has 1 aromatic heterocycles. The van der Waals surface area contributed by atoms with Crippen LogP contribution in [-0.4, -0.2) is 4.98 Å². The van der Waals surface area contributed by atoms with Crippen LogP contribution in [0.2, 0.25) is 0 Å². The van der Waals surface area contributed by atoms with Gasteiger partial charge in [-0.05, 0) is 41.3 Å². The quantitative estimate of drug-likeness (QED) is 0.785. The van der Waals surface area contributed by atoms with E-state index in [9.17, 15) is 0 Å². The second kappa shape index (κ2) is 4.97. The Labute approximate surface area is 124 Å². The molecule has 1 aliphatic rings. The molecule has 3 aromatic rings. The van der Waals surface area contributed by atoms with Crippen LogP contribution in [0.15, 0.2) is 60.8 Å². The van der Waals surface area contributed by atoms with Gasteiger partial charge in [-0.25, -0.2) is 0 Å². The fourth-order valence-corrected chi connectivity index (χ4v) is 3.43. The van der Waals surface area contributed by atoms with Crippen molar-refractivity contribution in [1.29, 1.82) is 0 Å². The van der Waals surface area contributed by atoms with Gasteiger partial charge in [-0.2, -0.15) is 0 Å². The molecule has 104 valence electrons. The van der Waals surface area contributed by atoms with E-state index in [1.807, 2.05) is 12.3 Å². The zero-order valence-electron chi connectivity index (χ0n) is 11.9. The topological polar surface area (TPSA) is 38.9 Å². The van der Waals surface area contributed by atoms with E-state index in [0.29, 0.717) is 5.92 Å². The smallest absolute Gasteiger partial charge is 0.0649 e. The Kier molecular flexibility index (Phi) is 2.97. The number of nitrogens with zero attached hydrogens (tertiary/aromatic N) is 1. The Morgan fingerprint density at radius 3 is 2.76 bits per heavy atom. The van der Waals surface area contributed by atoms with E-state index in [0.717, 1.165) is 18.5 Å². The van der Waals surface area contributed by atoms with Gasteiger partial charge >= 0.3 is 0 Å². The summed E-state index contributed by atoms with van der Waals surface area (Å²) in [4.78, 5) is 4.55. The molecular formula is C19H18N2. The lowest BCUT2D eigenvalue weighted by Gasteiger charge is -2.32. The van der Waals surface area contributed by atoms with Crippen molar-refractivity contribution in [3.05, 3.63) is 77.6 Å². The zero-order valence-corrected chi connectivity index (χ0v) is 11.9. The predicted molar refractivity (Wildman–Crippen MR) is 86.2 cm³/mol. The van der Waals surface area contributed by atoms with Gasteiger partial charge in [0.05, 0.1) is 5.69 Å². The molecule has 2 heteroatoms. The molecule has 2 nitrogen and oxygen atoms in total. The number of pyridine rings is 1. The Bertz CT molecular complexity index is 789. The van der Waals surface area contributed by atoms with Crippen LogP contribution in [0.1, 0.15) is 35.2 Å². The molecule has 0 amide bonds. The molecule has 1 aliphatic carbocycles. The highest BCUT2D eigenvalue weighted by atomic mass is 14.8. The minimum absolute atomic E-state index is 0.00513. The van der Waals surface area contributed by atoms with Crippen LogP contribution in [0.25, 0.3) is 10.8 Å². The summed E-state index contributed by atoms with van der Waals surface area (Å²) in [7, 11) is 0. The van der Waals surface area contributed by atoms with Crippen LogP contribution < -0.4 is 5.73 Å². The van der Waals surface area contributed by atoms with Gasteiger partial charge in [-0.1, -0.05) is 48.5 Å². The molecule has 2 aromatic carbocycles. The summed E-state index contributed by atoms with van der Waals surface area (Å²) in [6.07, 6.45) is 3.99. The van der Waals surface area contributed by atoms with Gasteiger partial charge in [0, 0.05) is 17.6 Å². The maximum Gasteiger partial charge on any atom is 0.0649 e. The summed E-state index contributed by atoms with van der Waals surface area (Å²) in [5, 5.41) is 2.40. The number of benzene rings is 2. The molecule has 4 rings (SSSR count). The predicted octanol–water partition coefficient (Wildman–Crippen LogP) is 3.96. The van der Waals surface area contributed by atoms with Crippen molar-refractivity contribution in [1.82, 2.24) is 4.98 Å². The van der Waals surface area contributed by atoms with Crippen molar-refractivity contribution in [2.75, 3.05) is 0 Å². The highest BCUT2D eigenvalue weighted by molar-refractivity contribution is 5.84. The molecule has 0 bridgehead atoms. The zero-order chi connectivity index (χ0) is 14.2. The van der Waals surface area contributed by atoms with E-state index >= 15 is 0 Å². The molecule has 0 spiro atoms. The number of nitrogens with two attached hydrogens (primary N) is 1. The third-order valence-corrected chi connectivity index (χ3v) is 4.56. The minimum atomic E-state index is -0.00513. The minimum Gasteiger partial charge on any atom is -0.323 e. The molecule has 0 aliphatic heterocycles. The van der Waals surface area contributed by atoms with E-state index in [4.69, 9.17) is 5.73 Å². The van der Waals surface area contributed by atoms with E-state index in [-0.39, 0.29) is 6.04 Å². The molecule has 2 atom stereocenters. The average Bonchev–Trinajstić information content (AvgIpc) is 2.52. The van der Waals surface area contributed by atoms with Crippen molar-refractivity contribution in [2.45, 2.75) is 24.8 Å². The van der Waals surface area contributed by atoms with Crippen molar-refractivity contribution >= 4 is 10.8 Å². The van der Waals surface area contributed by atoms with Crippen molar-refractivity contribution in [3.63, 3.8) is 0 Å². The molecule has 1 heterocycles. The normalized spacial score (nSPS) is 18.0. The summed E-state index contributed by atoms with van der Waals surface area (Å²) in [6.45, 7) is 0. The lowest BCUT2D eigenvalue weighted by molar-refractivity contribution is 0.494. The molecule has 0 saturated carbocycles. The first-order chi connectivity index (χ1) is 10.3. The van der Waals surface area contributed by atoms with E-state index in [2.05, 4.69) is 53.5 Å². The molecule has 2 unspecified atom stereocenters. The van der Waals surface area contributed by atoms with Gasteiger partial charge in [0.1, 0.15) is 0 Å². The lowest BCUT2D eigenvalue weighted by Crippen LogP contribution is -2.23. The SMILES string of the molecule is NC(CC1Cc2ccccc21)c1nccc2ccccc12. The monoisotopic (exact) mass is 274 g/mol. The Morgan fingerprint density at radius 1 is 1.05 bits per heavy atom. The first kappa shape index (κ1) is 12.5. The highest BCUT2D eigenvalue weighted by Gasteiger charge is 2.28. The molecule has 21 heavy (non-hydrogen) atoms. The number of hydrogen-bond donors (Lipinski definition) is 1. The summed E-state index contributed by atoms with van der Waals surface area (Å²) in [5.74, 6) is 0.581. The Balaban J connectivity index is 1.62. The van der Waals surface area contributed by atoms with Crippen LogP contribution >= 0.6 is 0 Å². The van der Waals surface area contributed by atoms with E-state index in [1.54, 1.807) is 0 Å². The van der Waals surface area contributed by atoms with Gasteiger partial charge < -0.3 is 5.73 Å². The van der Waals surface area contributed by atoms with E-state index < -0.39 is 0 Å². The maximum absolute atomic E-state index is 6.47. The van der Waals surface area contributed by atoms with Crippen LogP contribution in [0.3, 0.4) is 0 Å². The summed E-state index contributed by atoms with van der Waals surface area (Å²) in [6, 6.07) is 19.1. The second-order valence-corrected chi connectivity index (χ2v) is 5.86. The highest BCUT2D eigenvalue weighted by Crippen LogP contribution is 2.40. The van der Waals surface area contributed by atoms with Crippen LogP contribution in [-0.2, 0) is 6.42 Å². The van der Waals surface area contributed by atoms with Gasteiger partial charge in [-0.15, -0.1) is 0 Å². The third kappa shape index (κ3) is 2.12. The molecule has 0 saturated heterocycles. The first-order valence-electron chi connectivity index (χ1n) is 7.50. The number of rotatable bonds is 3. The maximum atomic E-state index is 6.47. The summed E-state index contributed by atoms with van der Waals surface area (Å²) < 4.78 is 0.